The molecule has 1 unspecified atom stereocenters. The van der Waals surface area contributed by atoms with Crippen LogP contribution in [0.2, 0.25) is 0 Å². The highest BCUT2D eigenvalue weighted by atomic mass is 32.2. The summed E-state index contributed by atoms with van der Waals surface area (Å²) in [6, 6.07) is 13.7. The summed E-state index contributed by atoms with van der Waals surface area (Å²) < 4.78 is 27.5. The van der Waals surface area contributed by atoms with E-state index in [9.17, 15) is 13.2 Å². The third kappa shape index (κ3) is 5.41. The van der Waals surface area contributed by atoms with E-state index in [-0.39, 0.29) is 23.4 Å². The number of benzene rings is 2. The molecule has 0 bridgehead atoms. The van der Waals surface area contributed by atoms with E-state index in [1.54, 1.807) is 12.1 Å². The first-order chi connectivity index (χ1) is 11.8. The zero-order chi connectivity index (χ0) is 18.4. The molecular weight excluding hydrogens is 336 g/mol. The zero-order valence-electron chi connectivity index (χ0n) is 14.7. The zero-order valence-corrected chi connectivity index (χ0v) is 15.6. The lowest BCUT2D eigenvalue weighted by atomic mass is 10.2. The Kier molecular flexibility index (Phi) is 6.33. The maximum absolute atomic E-state index is 12.5. The Balaban J connectivity index is 2.12. The van der Waals surface area contributed by atoms with Crippen molar-refractivity contribution in [3.8, 4) is 0 Å². The molecule has 0 aliphatic carbocycles. The van der Waals surface area contributed by atoms with Gasteiger partial charge in [-0.3, -0.25) is 4.79 Å². The second-order valence-corrected chi connectivity index (χ2v) is 7.89. The molecule has 2 N–H and O–H groups in total. The van der Waals surface area contributed by atoms with Crippen molar-refractivity contribution in [3.05, 3.63) is 65.2 Å². The molecule has 0 aliphatic heterocycles. The van der Waals surface area contributed by atoms with Gasteiger partial charge in [-0.15, -0.1) is 0 Å². The maximum atomic E-state index is 12.5. The third-order valence-electron chi connectivity index (χ3n) is 3.98. The first-order valence-electron chi connectivity index (χ1n) is 8.28. The van der Waals surface area contributed by atoms with E-state index in [4.69, 9.17) is 0 Å². The number of hydrogen-bond donors (Lipinski definition) is 2. The van der Waals surface area contributed by atoms with Crippen LogP contribution in [0.4, 0.5) is 0 Å². The average Bonchev–Trinajstić information content (AvgIpc) is 2.61. The fourth-order valence-electron chi connectivity index (χ4n) is 2.18. The number of rotatable bonds is 7. The first-order valence-corrected chi connectivity index (χ1v) is 9.76. The van der Waals surface area contributed by atoms with Crippen molar-refractivity contribution in [2.24, 2.45) is 0 Å². The van der Waals surface area contributed by atoms with Crippen LogP contribution in [-0.2, 0) is 16.6 Å². The van der Waals surface area contributed by atoms with Crippen molar-refractivity contribution in [3.63, 3.8) is 0 Å². The summed E-state index contributed by atoms with van der Waals surface area (Å²) in [6.07, 6.45) is 0.807. The molecule has 1 atom stereocenters. The van der Waals surface area contributed by atoms with Gasteiger partial charge in [-0.05, 0) is 44.0 Å². The molecule has 0 spiro atoms. The van der Waals surface area contributed by atoms with Crippen molar-refractivity contribution in [2.75, 3.05) is 0 Å². The van der Waals surface area contributed by atoms with Crippen molar-refractivity contribution in [1.82, 2.24) is 10.0 Å². The van der Waals surface area contributed by atoms with Crippen LogP contribution in [0.3, 0.4) is 0 Å². The van der Waals surface area contributed by atoms with Crippen LogP contribution in [0.25, 0.3) is 0 Å². The van der Waals surface area contributed by atoms with Crippen molar-refractivity contribution >= 4 is 15.9 Å². The monoisotopic (exact) mass is 360 g/mol. The van der Waals surface area contributed by atoms with Crippen LogP contribution in [0.15, 0.2) is 53.4 Å². The van der Waals surface area contributed by atoms with Gasteiger partial charge in [-0.1, -0.05) is 42.8 Å². The fraction of sp³-hybridized carbons (Fsp3) is 0.316. The molecule has 25 heavy (non-hydrogen) atoms. The quantitative estimate of drug-likeness (QED) is 0.797. The van der Waals surface area contributed by atoms with Gasteiger partial charge in [0, 0.05) is 18.2 Å². The van der Waals surface area contributed by atoms with Gasteiger partial charge in [-0.2, -0.15) is 0 Å². The number of carbonyl (C=O) groups is 1. The Morgan fingerprint density at radius 3 is 2.44 bits per heavy atom. The minimum Gasteiger partial charge on any atom is -0.350 e. The van der Waals surface area contributed by atoms with Crippen LogP contribution >= 0.6 is 0 Å². The lowest BCUT2D eigenvalue weighted by Crippen LogP contribution is -2.32. The highest BCUT2D eigenvalue weighted by Gasteiger charge is 2.16. The second kappa shape index (κ2) is 8.27. The van der Waals surface area contributed by atoms with E-state index in [0.29, 0.717) is 5.56 Å². The smallest absolute Gasteiger partial charge is 0.251 e. The van der Waals surface area contributed by atoms with Crippen LogP contribution in [0, 0.1) is 6.92 Å². The summed E-state index contributed by atoms with van der Waals surface area (Å²) in [7, 11) is -3.69. The minimum absolute atomic E-state index is 0.0347. The van der Waals surface area contributed by atoms with Crippen LogP contribution in [-0.4, -0.2) is 20.4 Å². The molecule has 0 aliphatic rings. The van der Waals surface area contributed by atoms with Gasteiger partial charge in [0.1, 0.15) is 0 Å². The van der Waals surface area contributed by atoms with Crippen molar-refractivity contribution in [1.29, 1.82) is 0 Å². The van der Waals surface area contributed by atoms with E-state index in [1.807, 2.05) is 45.0 Å². The molecule has 0 saturated carbocycles. The molecular formula is C19H24N2O3S. The second-order valence-electron chi connectivity index (χ2n) is 6.12. The minimum atomic E-state index is -3.69. The van der Waals surface area contributed by atoms with Crippen LogP contribution in [0.1, 0.15) is 41.8 Å². The summed E-state index contributed by atoms with van der Waals surface area (Å²) in [5.41, 5.74) is 2.32. The van der Waals surface area contributed by atoms with Gasteiger partial charge in [0.25, 0.3) is 5.91 Å². The van der Waals surface area contributed by atoms with E-state index in [0.717, 1.165) is 17.5 Å². The van der Waals surface area contributed by atoms with E-state index < -0.39 is 10.0 Å². The predicted molar refractivity (Wildman–Crippen MR) is 98.9 cm³/mol. The Bertz CT molecular complexity index is 830. The molecule has 0 fully saturated rings. The molecule has 0 saturated heterocycles. The molecule has 134 valence electrons. The summed E-state index contributed by atoms with van der Waals surface area (Å²) in [4.78, 5) is 12.3. The topological polar surface area (TPSA) is 75.3 Å². The van der Waals surface area contributed by atoms with Crippen molar-refractivity contribution < 1.29 is 13.2 Å². The number of hydrogen-bond acceptors (Lipinski definition) is 3. The summed E-state index contributed by atoms with van der Waals surface area (Å²) in [5, 5.41) is 2.83. The lowest BCUT2D eigenvalue weighted by molar-refractivity contribution is 0.0939. The Morgan fingerprint density at radius 1 is 1.12 bits per heavy atom. The maximum Gasteiger partial charge on any atom is 0.251 e. The van der Waals surface area contributed by atoms with Gasteiger partial charge >= 0.3 is 0 Å². The lowest BCUT2D eigenvalue weighted by Gasteiger charge is -2.12. The molecule has 2 rings (SSSR count). The molecule has 0 aromatic heterocycles. The third-order valence-corrected chi connectivity index (χ3v) is 5.38. The normalized spacial score (nSPS) is 12.6. The number of aryl methyl sites for hydroxylation is 1. The van der Waals surface area contributed by atoms with Gasteiger partial charge in [0.15, 0.2) is 0 Å². The van der Waals surface area contributed by atoms with E-state index >= 15 is 0 Å². The Morgan fingerprint density at radius 2 is 1.80 bits per heavy atom. The highest BCUT2D eigenvalue weighted by molar-refractivity contribution is 7.89. The van der Waals surface area contributed by atoms with Gasteiger partial charge in [0.2, 0.25) is 10.0 Å². The van der Waals surface area contributed by atoms with Gasteiger partial charge in [-0.25, -0.2) is 13.1 Å². The molecule has 0 radical (unpaired) electrons. The molecule has 2 aromatic rings. The largest absolute Gasteiger partial charge is 0.350 e. The van der Waals surface area contributed by atoms with Crippen molar-refractivity contribution in [2.45, 2.75) is 44.7 Å². The Labute approximate surface area is 149 Å². The molecule has 1 amide bonds. The van der Waals surface area contributed by atoms with Crippen LogP contribution in [0.5, 0.6) is 0 Å². The standard InChI is InChI=1S/C19H24N2O3S/c1-4-15(3)21-19(22)17-6-5-7-18(12-17)25(23,24)20-13-16-10-8-14(2)9-11-16/h5-12,15,20H,4,13H2,1-3H3,(H,21,22). The number of amides is 1. The average molecular weight is 360 g/mol. The Hall–Kier alpha value is -2.18. The van der Waals surface area contributed by atoms with E-state index in [1.165, 1.54) is 12.1 Å². The molecule has 6 heteroatoms. The SMILES string of the molecule is CCC(C)NC(=O)c1cccc(S(=O)(=O)NCc2ccc(C)cc2)c1. The number of sulfonamides is 1. The summed E-state index contributed by atoms with van der Waals surface area (Å²) in [6.45, 7) is 6.05. The van der Waals surface area contributed by atoms with Gasteiger partial charge < -0.3 is 5.32 Å². The van der Waals surface area contributed by atoms with Gasteiger partial charge in [0.05, 0.1) is 4.90 Å². The summed E-state index contributed by atoms with van der Waals surface area (Å²) >= 11 is 0. The molecule has 0 heterocycles. The predicted octanol–water partition coefficient (Wildman–Crippen LogP) is 3.00. The van der Waals surface area contributed by atoms with Crippen LogP contribution < -0.4 is 10.0 Å². The first kappa shape index (κ1) is 19.1. The summed E-state index contributed by atoms with van der Waals surface area (Å²) in [5.74, 6) is -0.273. The molecule has 5 nitrogen and oxygen atoms in total. The number of nitrogens with one attached hydrogen (secondary N) is 2. The fourth-order valence-corrected chi connectivity index (χ4v) is 3.24. The molecule has 2 aromatic carbocycles. The van der Waals surface area contributed by atoms with E-state index in [2.05, 4.69) is 10.0 Å². The highest BCUT2D eigenvalue weighted by Crippen LogP contribution is 2.13. The number of carbonyl (C=O) groups excluding carboxylic acids is 1.